The number of amides is 1. The predicted molar refractivity (Wildman–Crippen MR) is 69.8 cm³/mol. The molecule has 4 heteroatoms. The Morgan fingerprint density at radius 2 is 2.11 bits per heavy atom. The predicted octanol–water partition coefficient (Wildman–Crippen LogP) is 1.68. The molecule has 1 heterocycles. The van der Waals surface area contributed by atoms with Gasteiger partial charge in [0.2, 0.25) is 6.79 Å². The number of hydrogen-bond acceptors (Lipinski definition) is 3. The van der Waals surface area contributed by atoms with Crippen molar-refractivity contribution in [1.29, 1.82) is 0 Å². The van der Waals surface area contributed by atoms with E-state index in [0.717, 1.165) is 24.2 Å². The molecule has 19 heavy (non-hydrogen) atoms. The summed E-state index contributed by atoms with van der Waals surface area (Å²) in [5.74, 6) is 7.35. The van der Waals surface area contributed by atoms with Crippen LogP contribution in [-0.2, 0) is 4.79 Å². The monoisotopic (exact) mass is 257 g/mol. The Labute approximate surface area is 112 Å². The third kappa shape index (κ3) is 2.65. The molecular formula is C15H15NO3. The molecule has 2 aliphatic rings. The summed E-state index contributed by atoms with van der Waals surface area (Å²) < 4.78 is 10.5. The number of nitrogens with one attached hydrogen (secondary N) is 1. The van der Waals surface area contributed by atoms with Gasteiger partial charge in [0.1, 0.15) is 0 Å². The number of carbonyl (C=O) groups excluding carboxylic acids is 1. The fourth-order valence-corrected chi connectivity index (χ4v) is 2.34. The van der Waals surface area contributed by atoms with Gasteiger partial charge in [0, 0.05) is 17.5 Å². The summed E-state index contributed by atoms with van der Waals surface area (Å²) in [6.45, 7) is 2.42. The zero-order valence-electron chi connectivity index (χ0n) is 10.7. The van der Waals surface area contributed by atoms with Gasteiger partial charge in [0.25, 0.3) is 5.91 Å². The van der Waals surface area contributed by atoms with Gasteiger partial charge in [-0.15, -0.1) is 0 Å². The maximum Gasteiger partial charge on any atom is 0.296 e. The molecule has 0 radical (unpaired) electrons. The Hall–Kier alpha value is -2.15. The molecular weight excluding hydrogens is 242 g/mol. The lowest BCUT2D eigenvalue weighted by atomic mass is 9.82. The van der Waals surface area contributed by atoms with Crippen LogP contribution in [0.2, 0.25) is 0 Å². The molecule has 0 saturated heterocycles. The molecule has 1 aliphatic heterocycles. The van der Waals surface area contributed by atoms with E-state index in [1.54, 1.807) is 12.1 Å². The van der Waals surface area contributed by atoms with Crippen LogP contribution in [0, 0.1) is 17.8 Å². The first-order valence-electron chi connectivity index (χ1n) is 6.43. The average molecular weight is 257 g/mol. The van der Waals surface area contributed by atoms with E-state index in [1.165, 1.54) is 0 Å². The Kier molecular flexibility index (Phi) is 3.04. The molecule has 1 saturated carbocycles. The first-order valence-corrected chi connectivity index (χ1v) is 6.43. The fraction of sp³-hybridized carbons (Fsp3) is 0.400. The highest BCUT2D eigenvalue weighted by Crippen LogP contribution is 2.32. The van der Waals surface area contributed by atoms with Crippen molar-refractivity contribution < 1.29 is 14.3 Å². The second-order valence-corrected chi connectivity index (χ2v) is 5.07. The summed E-state index contributed by atoms with van der Waals surface area (Å²) in [7, 11) is 0. The van der Waals surface area contributed by atoms with E-state index >= 15 is 0 Å². The largest absolute Gasteiger partial charge is 0.454 e. The topological polar surface area (TPSA) is 47.6 Å². The minimum atomic E-state index is -0.213. The van der Waals surface area contributed by atoms with Crippen LogP contribution in [0.25, 0.3) is 0 Å². The molecule has 3 rings (SSSR count). The van der Waals surface area contributed by atoms with E-state index in [1.807, 2.05) is 6.07 Å². The number of ether oxygens (including phenoxy) is 2. The van der Waals surface area contributed by atoms with Gasteiger partial charge >= 0.3 is 0 Å². The summed E-state index contributed by atoms with van der Waals surface area (Å²) >= 11 is 0. The van der Waals surface area contributed by atoms with Crippen LogP contribution in [0.4, 0.5) is 0 Å². The van der Waals surface area contributed by atoms with Crippen LogP contribution in [-0.4, -0.2) is 18.7 Å². The SMILES string of the molecule is CC1CC(NC(=O)C#Cc2ccc3c(c2)OCO3)C1. The van der Waals surface area contributed by atoms with Crippen molar-refractivity contribution in [3.8, 4) is 23.3 Å². The summed E-state index contributed by atoms with van der Waals surface area (Å²) in [4.78, 5) is 11.6. The lowest BCUT2D eigenvalue weighted by Crippen LogP contribution is -2.42. The zero-order chi connectivity index (χ0) is 13.2. The summed E-state index contributed by atoms with van der Waals surface area (Å²) in [6, 6.07) is 5.71. The maximum absolute atomic E-state index is 11.6. The smallest absolute Gasteiger partial charge is 0.296 e. The lowest BCUT2D eigenvalue weighted by molar-refractivity contribution is -0.117. The lowest BCUT2D eigenvalue weighted by Gasteiger charge is -2.32. The van der Waals surface area contributed by atoms with Crippen LogP contribution in [0.1, 0.15) is 25.3 Å². The molecule has 4 nitrogen and oxygen atoms in total. The number of benzene rings is 1. The van der Waals surface area contributed by atoms with E-state index in [2.05, 4.69) is 24.1 Å². The van der Waals surface area contributed by atoms with Gasteiger partial charge in [-0.2, -0.15) is 0 Å². The Morgan fingerprint density at radius 3 is 2.89 bits per heavy atom. The van der Waals surface area contributed by atoms with Gasteiger partial charge < -0.3 is 14.8 Å². The number of rotatable bonds is 1. The molecule has 0 bridgehead atoms. The Morgan fingerprint density at radius 1 is 1.32 bits per heavy atom. The van der Waals surface area contributed by atoms with E-state index in [9.17, 15) is 4.79 Å². The quantitative estimate of drug-likeness (QED) is 0.779. The minimum Gasteiger partial charge on any atom is -0.454 e. The molecule has 0 spiro atoms. The molecule has 1 aromatic carbocycles. The highest BCUT2D eigenvalue weighted by Gasteiger charge is 2.25. The molecule has 1 fully saturated rings. The highest BCUT2D eigenvalue weighted by atomic mass is 16.7. The van der Waals surface area contributed by atoms with E-state index in [0.29, 0.717) is 17.7 Å². The molecule has 1 amide bonds. The Bertz CT molecular complexity index is 564. The van der Waals surface area contributed by atoms with Gasteiger partial charge in [0.05, 0.1) is 0 Å². The van der Waals surface area contributed by atoms with E-state index in [4.69, 9.17) is 9.47 Å². The molecule has 0 aromatic heterocycles. The van der Waals surface area contributed by atoms with Gasteiger partial charge in [-0.05, 0) is 37.0 Å². The van der Waals surface area contributed by atoms with Crippen LogP contribution in [0.15, 0.2) is 18.2 Å². The summed E-state index contributed by atoms with van der Waals surface area (Å²) in [6.07, 6.45) is 2.11. The van der Waals surface area contributed by atoms with Gasteiger partial charge in [0.15, 0.2) is 11.5 Å². The zero-order valence-corrected chi connectivity index (χ0v) is 10.7. The molecule has 0 unspecified atom stereocenters. The minimum absolute atomic E-state index is 0.213. The third-order valence-electron chi connectivity index (χ3n) is 3.40. The average Bonchev–Trinajstić information content (AvgIpc) is 2.81. The highest BCUT2D eigenvalue weighted by molar-refractivity contribution is 5.94. The van der Waals surface area contributed by atoms with Gasteiger partial charge in [-0.25, -0.2) is 0 Å². The van der Waals surface area contributed by atoms with Crippen molar-refractivity contribution in [3.63, 3.8) is 0 Å². The van der Waals surface area contributed by atoms with Gasteiger partial charge in [-0.1, -0.05) is 12.8 Å². The van der Waals surface area contributed by atoms with Crippen molar-refractivity contribution in [1.82, 2.24) is 5.32 Å². The first-order chi connectivity index (χ1) is 9.20. The van der Waals surface area contributed by atoms with Crippen LogP contribution >= 0.6 is 0 Å². The normalized spacial score (nSPS) is 23.0. The van der Waals surface area contributed by atoms with Crippen molar-refractivity contribution in [2.45, 2.75) is 25.8 Å². The summed E-state index contributed by atoms with van der Waals surface area (Å²) in [5, 5.41) is 2.90. The van der Waals surface area contributed by atoms with Crippen molar-refractivity contribution in [2.24, 2.45) is 5.92 Å². The summed E-state index contributed by atoms with van der Waals surface area (Å²) in [5.41, 5.74) is 0.751. The van der Waals surface area contributed by atoms with Crippen LogP contribution < -0.4 is 14.8 Å². The van der Waals surface area contributed by atoms with Crippen molar-refractivity contribution in [3.05, 3.63) is 23.8 Å². The molecule has 1 N–H and O–H groups in total. The standard InChI is InChI=1S/C15H15NO3/c1-10-6-12(7-10)16-15(17)5-3-11-2-4-13-14(8-11)19-9-18-13/h2,4,8,10,12H,6-7,9H2,1H3,(H,16,17). The second-order valence-electron chi connectivity index (χ2n) is 5.07. The molecule has 1 aliphatic carbocycles. The van der Waals surface area contributed by atoms with Crippen molar-refractivity contribution >= 4 is 5.91 Å². The van der Waals surface area contributed by atoms with Crippen LogP contribution in [0.5, 0.6) is 11.5 Å². The molecule has 1 aromatic rings. The van der Waals surface area contributed by atoms with Crippen LogP contribution in [0.3, 0.4) is 0 Å². The number of carbonyl (C=O) groups is 1. The third-order valence-corrected chi connectivity index (χ3v) is 3.40. The molecule has 0 atom stereocenters. The number of hydrogen-bond donors (Lipinski definition) is 1. The Balaban J connectivity index is 1.62. The maximum atomic E-state index is 11.6. The second kappa shape index (κ2) is 4.85. The van der Waals surface area contributed by atoms with Gasteiger partial charge in [-0.3, -0.25) is 4.79 Å². The van der Waals surface area contributed by atoms with Crippen molar-refractivity contribution in [2.75, 3.05) is 6.79 Å². The number of fused-ring (bicyclic) bond motifs is 1. The molecule has 98 valence electrons. The van der Waals surface area contributed by atoms with E-state index in [-0.39, 0.29) is 12.7 Å². The first kappa shape index (κ1) is 11.9. The fourth-order valence-electron chi connectivity index (χ4n) is 2.34. The van der Waals surface area contributed by atoms with E-state index < -0.39 is 0 Å².